The van der Waals surface area contributed by atoms with Crippen molar-refractivity contribution < 1.29 is 69.0 Å². The zero-order valence-electron chi connectivity index (χ0n) is 47.6. The maximum atomic E-state index is 13.1. The smallest absolute Gasteiger partial charge is 0.306 e. The quantitative estimate of drug-likeness (QED) is 0.0172. The van der Waals surface area contributed by atoms with Gasteiger partial charge in [-0.2, -0.15) is 0 Å². The van der Waals surface area contributed by atoms with Crippen LogP contribution in [0.1, 0.15) is 258 Å². The van der Waals surface area contributed by atoms with Crippen LogP contribution >= 0.6 is 0 Å². The molecule has 2 heterocycles. The van der Waals surface area contributed by atoms with Crippen LogP contribution in [-0.4, -0.2) is 142 Å². The summed E-state index contributed by atoms with van der Waals surface area (Å²) in [5, 5.41) is 72.4. The molecule has 14 nitrogen and oxygen atoms in total. The normalized spacial score (nSPS) is 24.7. The first-order valence-corrected chi connectivity index (χ1v) is 30.9. The van der Waals surface area contributed by atoms with Crippen LogP contribution in [0, 0.1) is 0 Å². The van der Waals surface area contributed by atoms with Crippen molar-refractivity contribution in [2.75, 3.05) is 33.0 Å². The molecule has 0 aliphatic carbocycles. The summed E-state index contributed by atoms with van der Waals surface area (Å²) in [6, 6.07) is 0. The SMILES string of the molecule is CCCCCC/C=C\C/C=C\CCCCCCCC(=O)OC(COCCCCCCCCCCCCCCCCCCCCCCCCCCC)COC1OC(COC2OC(CO)C(O)C(O)C2O)C(O)C(O)C1O. The van der Waals surface area contributed by atoms with Gasteiger partial charge in [-0.3, -0.25) is 4.79 Å². The van der Waals surface area contributed by atoms with Crippen molar-refractivity contribution >= 4 is 5.97 Å². The van der Waals surface area contributed by atoms with Crippen LogP contribution in [0.4, 0.5) is 0 Å². The summed E-state index contributed by atoms with van der Waals surface area (Å²) in [4.78, 5) is 13.1. The lowest BCUT2D eigenvalue weighted by molar-refractivity contribution is -0.332. The van der Waals surface area contributed by atoms with Crippen LogP contribution in [0.15, 0.2) is 24.3 Å². The Morgan fingerprint density at radius 2 is 0.827 bits per heavy atom. The van der Waals surface area contributed by atoms with Gasteiger partial charge in [0.15, 0.2) is 12.6 Å². The molecule has 75 heavy (non-hydrogen) atoms. The van der Waals surface area contributed by atoms with Crippen LogP contribution in [0.5, 0.6) is 0 Å². The van der Waals surface area contributed by atoms with E-state index in [4.69, 9.17) is 28.4 Å². The summed E-state index contributed by atoms with van der Waals surface area (Å²) < 4.78 is 34.4. The summed E-state index contributed by atoms with van der Waals surface area (Å²) in [7, 11) is 0. The molecule has 2 aliphatic heterocycles. The summed E-state index contributed by atoms with van der Waals surface area (Å²) in [6.45, 7) is 3.71. The van der Waals surface area contributed by atoms with Crippen LogP contribution in [0.25, 0.3) is 0 Å². The molecule has 11 atom stereocenters. The van der Waals surface area contributed by atoms with Crippen LogP contribution in [0.3, 0.4) is 0 Å². The average Bonchev–Trinajstić information content (AvgIpc) is 3.41. The van der Waals surface area contributed by atoms with Gasteiger partial charge in [0, 0.05) is 13.0 Å². The number of rotatable bonds is 51. The van der Waals surface area contributed by atoms with Crippen molar-refractivity contribution in [1.82, 2.24) is 0 Å². The summed E-state index contributed by atoms with van der Waals surface area (Å²) in [5.41, 5.74) is 0. The van der Waals surface area contributed by atoms with E-state index >= 15 is 0 Å². The first-order chi connectivity index (χ1) is 36.6. The maximum Gasteiger partial charge on any atom is 0.306 e. The van der Waals surface area contributed by atoms with Gasteiger partial charge in [-0.25, -0.2) is 0 Å². The highest BCUT2D eigenvalue weighted by Crippen LogP contribution is 2.27. The molecule has 2 aliphatic rings. The van der Waals surface area contributed by atoms with E-state index in [1.165, 1.54) is 167 Å². The highest BCUT2D eigenvalue weighted by molar-refractivity contribution is 5.69. The average molecular weight is 1070 g/mol. The molecule has 0 aromatic rings. The molecule has 7 N–H and O–H groups in total. The molecule has 442 valence electrons. The van der Waals surface area contributed by atoms with Crippen LogP contribution in [0.2, 0.25) is 0 Å². The highest BCUT2D eigenvalue weighted by Gasteiger charge is 2.47. The first kappa shape index (κ1) is 69.6. The second-order valence-electron chi connectivity index (χ2n) is 21.9. The zero-order chi connectivity index (χ0) is 54.4. The van der Waals surface area contributed by atoms with Gasteiger partial charge in [-0.15, -0.1) is 0 Å². The molecule has 2 rings (SSSR count). The maximum absolute atomic E-state index is 13.1. The van der Waals surface area contributed by atoms with Gasteiger partial charge in [-0.05, 0) is 44.9 Å². The van der Waals surface area contributed by atoms with Crippen molar-refractivity contribution in [2.45, 2.75) is 325 Å². The molecule has 0 spiro atoms. The third-order valence-electron chi connectivity index (χ3n) is 15.0. The van der Waals surface area contributed by atoms with Gasteiger partial charge in [0.2, 0.25) is 0 Å². The third-order valence-corrected chi connectivity index (χ3v) is 15.0. The van der Waals surface area contributed by atoms with Crippen molar-refractivity contribution in [3.05, 3.63) is 24.3 Å². The third kappa shape index (κ3) is 35.0. The highest BCUT2D eigenvalue weighted by atomic mass is 16.7. The summed E-state index contributed by atoms with van der Waals surface area (Å²) >= 11 is 0. The van der Waals surface area contributed by atoms with E-state index in [1.807, 2.05) is 0 Å². The lowest BCUT2D eigenvalue weighted by Crippen LogP contribution is -2.61. The number of allylic oxidation sites excluding steroid dienone is 4. The number of carbonyl (C=O) groups is 1. The number of aliphatic hydroxyl groups excluding tert-OH is 7. The zero-order valence-corrected chi connectivity index (χ0v) is 47.6. The van der Waals surface area contributed by atoms with E-state index < -0.39 is 80.7 Å². The number of hydrogen-bond donors (Lipinski definition) is 7. The Kier molecular flexibility index (Phi) is 44.9. The minimum absolute atomic E-state index is 0.0606. The molecule has 11 unspecified atom stereocenters. The number of carbonyl (C=O) groups excluding carboxylic acids is 1. The molecule has 0 bridgehead atoms. The molecule has 0 radical (unpaired) electrons. The van der Waals surface area contributed by atoms with E-state index in [0.29, 0.717) is 13.0 Å². The largest absolute Gasteiger partial charge is 0.457 e. The minimum Gasteiger partial charge on any atom is -0.457 e. The molecule has 0 amide bonds. The van der Waals surface area contributed by atoms with E-state index in [-0.39, 0.29) is 25.6 Å². The van der Waals surface area contributed by atoms with Crippen LogP contribution < -0.4 is 0 Å². The Labute approximate surface area is 456 Å². The Bertz CT molecular complexity index is 1330. The van der Waals surface area contributed by atoms with Crippen molar-refractivity contribution in [3.8, 4) is 0 Å². The number of esters is 1. The van der Waals surface area contributed by atoms with Gasteiger partial charge in [0.05, 0.1) is 26.4 Å². The molecule has 0 saturated carbocycles. The summed E-state index contributed by atoms with van der Waals surface area (Å²) in [6.07, 6.45) is 39.6. The Morgan fingerprint density at radius 1 is 0.440 bits per heavy atom. The fraction of sp³-hybridized carbons (Fsp3) is 0.918. The van der Waals surface area contributed by atoms with Crippen molar-refractivity contribution in [2.24, 2.45) is 0 Å². The summed E-state index contributed by atoms with van der Waals surface area (Å²) in [5.74, 6) is -0.384. The molecular weight excluding hydrogens is 957 g/mol. The monoisotopic (exact) mass is 1070 g/mol. The number of unbranched alkanes of at least 4 members (excludes halogenated alkanes) is 33. The van der Waals surface area contributed by atoms with Crippen molar-refractivity contribution in [3.63, 3.8) is 0 Å². The molecular formula is C61H114O14. The molecule has 2 fully saturated rings. The Morgan fingerprint density at radius 3 is 1.29 bits per heavy atom. The standard InChI is InChI=1S/C61H114O14/c1-3-5-7-9-11-13-15-17-19-21-22-23-24-25-26-27-28-29-31-33-35-37-39-41-43-45-70-47-50(73-53(63)44-42-40-38-36-34-32-30-20-18-16-14-12-10-8-6-4-2)48-71-60-59(69)57(67)55(65)52(75-60)49-72-61-58(68)56(66)54(64)51(46-62)74-61/h14,16,20,30,50-52,54-62,64-69H,3-13,15,17-19,21-29,31-49H2,1-2H3/b16-14-,30-20-. The number of hydrogen-bond acceptors (Lipinski definition) is 14. The Balaban J connectivity index is 1.67. The van der Waals surface area contributed by atoms with E-state index in [9.17, 15) is 40.5 Å². The lowest BCUT2D eigenvalue weighted by Gasteiger charge is -2.42. The van der Waals surface area contributed by atoms with E-state index in [0.717, 1.165) is 64.2 Å². The molecule has 14 heteroatoms. The Hall–Kier alpha value is -1.53. The van der Waals surface area contributed by atoms with Crippen molar-refractivity contribution in [1.29, 1.82) is 0 Å². The molecule has 0 aromatic heterocycles. The predicted molar refractivity (Wildman–Crippen MR) is 298 cm³/mol. The second kappa shape index (κ2) is 48.4. The van der Waals surface area contributed by atoms with E-state index in [2.05, 4.69) is 38.2 Å². The topological polar surface area (TPSA) is 214 Å². The van der Waals surface area contributed by atoms with Gasteiger partial charge in [-0.1, -0.05) is 231 Å². The fourth-order valence-electron chi connectivity index (χ4n) is 9.97. The second-order valence-corrected chi connectivity index (χ2v) is 21.9. The molecule has 0 aromatic carbocycles. The van der Waals surface area contributed by atoms with Gasteiger partial charge in [0.1, 0.15) is 54.9 Å². The molecule has 2 saturated heterocycles. The first-order valence-electron chi connectivity index (χ1n) is 30.9. The van der Waals surface area contributed by atoms with E-state index in [1.54, 1.807) is 0 Å². The fourth-order valence-corrected chi connectivity index (χ4v) is 9.97. The van der Waals surface area contributed by atoms with Gasteiger partial charge < -0.3 is 64.2 Å². The predicted octanol–water partition coefficient (Wildman–Crippen LogP) is 11.5. The van der Waals surface area contributed by atoms with Crippen LogP contribution in [-0.2, 0) is 33.2 Å². The lowest BCUT2D eigenvalue weighted by atomic mass is 9.98. The van der Waals surface area contributed by atoms with Gasteiger partial charge in [0.25, 0.3) is 0 Å². The van der Waals surface area contributed by atoms with Gasteiger partial charge >= 0.3 is 5.97 Å². The number of aliphatic hydroxyl groups is 7. The minimum atomic E-state index is -1.71. The number of ether oxygens (including phenoxy) is 6.